The molecule has 2 saturated carbocycles. The Morgan fingerprint density at radius 2 is 1.76 bits per heavy atom. The Morgan fingerprint density at radius 1 is 1.10 bits per heavy atom. The predicted molar refractivity (Wildman–Crippen MR) is 83.8 cm³/mol. The molecule has 1 aliphatic heterocycles. The molecule has 3 aliphatic rings. The van der Waals surface area contributed by atoms with Gasteiger partial charge in [0.1, 0.15) is 0 Å². The van der Waals surface area contributed by atoms with Crippen molar-refractivity contribution in [1.29, 1.82) is 0 Å². The van der Waals surface area contributed by atoms with Gasteiger partial charge in [0.15, 0.2) is 0 Å². The van der Waals surface area contributed by atoms with E-state index < -0.39 is 0 Å². The van der Waals surface area contributed by atoms with Gasteiger partial charge in [0.2, 0.25) is 0 Å². The number of nitrogens with one attached hydrogen (secondary N) is 1. The van der Waals surface area contributed by atoms with Gasteiger partial charge in [0.25, 0.3) is 0 Å². The smallest absolute Gasteiger partial charge is 0.0847 e. The summed E-state index contributed by atoms with van der Waals surface area (Å²) in [5, 5.41) is 0. The Bertz CT molecular complexity index is 336. The van der Waals surface area contributed by atoms with E-state index in [1.54, 1.807) is 0 Å². The lowest BCUT2D eigenvalue weighted by Gasteiger charge is -2.49. The van der Waals surface area contributed by atoms with E-state index in [1.165, 1.54) is 44.9 Å². The predicted octanol–water partition coefficient (Wildman–Crippen LogP) is 2.91. The Hall–Kier alpha value is -0.160. The SMILES string of the molecule is COC1(C(NN)C2CCOC3(CCCC3)C2)CCCCC1. The molecule has 0 aromatic carbocycles. The van der Waals surface area contributed by atoms with Gasteiger partial charge in [0.05, 0.1) is 17.2 Å². The number of hydrazine groups is 1. The van der Waals surface area contributed by atoms with Crippen LogP contribution in [0.3, 0.4) is 0 Å². The van der Waals surface area contributed by atoms with Gasteiger partial charge in [-0.2, -0.15) is 0 Å². The van der Waals surface area contributed by atoms with Gasteiger partial charge in [-0.15, -0.1) is 0 Å². The molecule has 2 aliphatic carbocycles. The van der Waals surface area contributed by atoms with Crippen LogP contribution >= 0.6 is 0 Å². The largest absolute Gasteiger partial charge is 0.377 e. The number of nitrogens with two attached hydrogens (primary N) is 1. The van der Waals surface area contributed by atoms with Gasteiger partial charge < -0.3 is 9.47 Å². The molecular formula is C17H32N2O2. The topological polar surface area (TPSA) is 56.5 Å². The molecule has 122 valence electrons. The Balaban J connectivity index is 1.75. The molecule has 1 saturated heterocycles. The summed E-state index contributed by atoms with van der Waals surface area (Å²) in [5.41, 5.74) is 3.25. The fraction of sp³-hybridized carbons (Fsp3) is 1.00. The number of ether oxygens (including phenoxy) is 2. The van der Waals surface area contributed by atoms with Crippen molar-refractivity contribution in [1.82, 2.24) is 5.43 Å². The lowest BCUT2D eigenvalue weighted by atomic mass is 9.70. The molecule has 1 spiro atoms. The lowest BCUT2D eigenvalue weighted by molar-refractivity contribution is -0.132. The molecule has 0 aromatic heterocycles. The molecule has 3 fully saturated rings. The highest BCUT2D eigenvalue weighted by Gasteiger charge is 2.48. The molecule has 2 atom stereocenters. The van der Waals surface area contributed by atoms with Gasteiger partial charge in [-0.05, 0) is 44.4 Å². The van der Waals surface area contributed by atoms with E-state index in [-0.39, 0.29) is 17.2 Å². The first-order valence-electron chi connectivity index (χ1n) is 8.89. The van der Waals surface area contributed by atoms with Gasteiger partial charge in [0, 0.05) is 13.7 Å². The van der Waals surface area contributed by atoms with Crippen LogP contribution in [0.5, 0.6) is 0 Å². The monoisotopic (exact) mass is 296 g/mol. The quantitative estimate of drug-likeness (QED) is 0.618. The molecule has 0 amide bonds. The molecule has 4 heteroatoms. The normalized spacial score (nSPS) is 33.1. The van der Waals surface area contributed by atoms with Gasteiger partial charge in [-0.1, -0.05) is 32.1 Å². The van der Waals surface area contributed by atoms with E-state index in [0.29, 0.717) is 5.92 Å². The van der Waals surface area contributed by atoms with Crippen LogP contribution in [0.15, 0.2) is 0 Å². The third kappa shape index (κ3) is 3.00. The van der Waals surface area contributed by atoms with Crippen molar-refractivity contribution >= 4 is 0 Å². The van der Waals surface area contributed by atoms with Crippen LogP contribution in [0.4, 0.5) is 0 Å². The summed E-state index contributed by atoms with van der Waals surface area (Å²) in [4.78, 5) is 0. The second-order valence-electron chi connectivity index (χ2n) is 7.47. The standard InChI is InChI=1S/C17H32N2O2/c1-20-17(10-3-2-4-11-17)15(19-18)14-7-12-21-16(13-14)8-5-6-9-16/h14-15,19H,2-13,18H2,1H3. The highest BCUT2D eigenvalue weighted by Crippen LogP contribution is 2.46. The fourth-order valence-electron chi connectivity index (χ4n) is 5.23. The molecule has 21 heavy (non-hydrogen) atoms. The second kappa shape index (κ2) is 6.53. The van der Waals surface area contributed by atoms with Crippen molar-refractivity contribution in [2.24, 2.45) is 11.8 Å². The van der Waals surface area contributed by atoms with Crippen molar-refractivity contribution in [3.05, 3.63) is 0 Å². The first kappa shape index (κ1) is 15.7. The van der Waals surface area contributed by atoms with Crippen LogP contribution in [0.1, 0.15) is 70.6 Å². The molecular weight excluding hydrogens is 264 g/mol. The van der Waals surface area contributed by atoms with E-state index >= 15 is 0 Å². The number of hydrogen-bond donors (Lipinski definition) is 2. The average Bonchev–Trinajstić information content (AvgIpc) is 2.97. The maximum Gasteiger partial charge on any atom is 0.0847 e. The third-order valence-electron chi connectivity index (χ3n) is 6.37. The average molecular weight is 296 g/mol. The van der Waals surface area contributed by atoms with Crippen LogP contribution in [0.2, 0.25) is 0 Å². The zero-order chi connectivity index (χ0) is 14.8. The summed E-state index contributed by atoms with van der Waals surface area (Å²) in [7, 11) is 1.88. The molecule has 0 radical (unpaired) electrons. The van der Waals surface area contributed by atoms with E-state index in [2.05, 4.69) is 5.43 Å². The first-order chi connectivity index (χ1) is 10.2. The molecule has 3 rings (SSSR count). The fourth-order valence-corrected chi connectivity index (χ4v) is 5.23. The van der Waals surface area contributed by atoms with Gasteiger partial charge >= 0.3 is 0 Å². The summed E-state index contributed by atoms with van der Waals surface area (Å²) in [5.74, 6) is 6.59. The lowest BCUT2D eigenvalue weighted by Crippen LogP contribution is -2.61. The molecule has 2 unspecified atom stereocenters. The highest BCUT2D eigenvalue weighted by atomic mass is 16.5. The van der Waals surface area contributed by atoms with Crippen LogP contribution in [-0.2, 0) is 9.47 Å². The minimum absolute atomic E-state index is 0.0607. The summed E-state index contributed by atoms with van der Waals surface area (Å²) in [6, 6.07) is 0.268. The molecule has 0 bridgehead atoms. The number of methoxy groups -OCH3 is 1. The minimum atomic E-state index is -0.0607. The van der Waals surface area contributed by atoms with Crippen LogP contribution in [0, 0.1) is 5.92 Å². The highest BCUT2D eigenvalue weighted by molar-refractivity contribution is 5.02. The molecule has 0 aromatic rings. The molecule has 3 N–H and O–H groups in total. The second-order valence-corrected chi connectivity index (χ2v) is 7.47. The zero-order valence-corrected chi connectivity index (χ0v) is 13.5. The van der Waals surface area contributed by atoms with Crippen molar-refractivity contribution < 1.29 is 9.47 Å². The Labute approximate surface area is 129 Å². The van der Waals surface area contributed by atoms with Crippen LogP contribution in [0.25, 0.3) is 0 Å². The number of hydrogen-bond acceptors (Lipinski definition) is 4. The Morgan fingerprint density at radius 3 is 2.38 bits per heavy atom. The maximum absolute atomic E-state index is 6.20. The summed E-state index contributed by atoms with van der Waals surface area (Å²) in [6.45, 7) is 0.892. The molecule has 4 nitrogen and oxygen atoms in total. The van der Waals surface area contributed by atoms with Crippen LogP contribution in [-0.4, -0.2) is 31.0 Å². The van der Waals surface area contributed by atoms with Gasteiger partial charge in [-0.25, -0.2) is 0 Å². The Kier molecular flexibility index (Phi) is 4.89. The summed E-state index contributed by atoms with van der Waals surface area (Å²) in [6.07, 6.45) is 13.5. The van der Waals surface area contributed by atoms with E-state index in [9.17, 15) is 0 Å². The van der Waals surface area contributed by atoms with Crippen molar-refractivity contribution in [3.8, 4) is 0 Å². The molecule has 1 heterocycles. The number of rotatable bonds is 4. The first-order valence-corrected chi connectivity index (χ1v) is 8.89. The third-order valence-corrected chi connectivity index (χ3v) is 6.37. The van der Waals surface area contributed by atoms with Gasteiger partial charge in [-0.3, -0.25) is 11.3 Å². The summed E-state index contributed by atoms with van der Waals surface area (Å²) >= 11 is 0. The minimum Gasteiger partial charge on any atom is -0.377 e. The van der Waals surface area contributed by atoms with E-state index in [1.807, 2.05) is 7.11 Å². The van der Waals surface area contributed by atoms with E-state index in [0.717, 1.165) is 32.3 Å². The van der Waals surface area contributed by atoms with Crippen molar-refractivity contribution in [2.45, 2.75) is 87.9 Å². The maximum atomic E-state index is 6.20. The summed E-state index contributed by atoms with van der Waals surface area (Å²) < 4.78 is 12.2. The van der Waals surface area contributed by atoms with Crippen molar-refractivity contribution in [3.63, 3.8) is 0 Å². The van der Waals surface area contributed by atoms with E-state index in [4.69, 9.17) is 15.3 Å². The zero-order valence-electron chi connectivity index (χ0n) is 13.5. The van der Waals surface area contributed by atoms with Crippen LogP contribution < -0.4 is 11.3 Å². The van der Waals surface area contributed by atoms with Crippen molar-refractivity contribution in [2.75, 3.05) is 13.7 Å².